The van der Waals surface area contributed by atoms with E-state index in [1.165, 1.54) is 25.1 Å². The predicted octanol–water partition coefficient (Wildman–Crippen LogP) is 2.89. The van der Waals surface area contributed by atoms with Crippen LogP contribution in [0.15, 0.2) is 41.8 Å². The highest BCUT2D eigenvalue weighted by Crippen LogP contribution is 2.26. The summed E-state index contributed by atoms with van der Waals surface area (Å²) < 4.78 is 23.7. The maximum atomic E-state index is 12.5. The van der Waals surface area contributed by atoms with E-state index in [2.05, 4.69) is 6.58 Å². The van der Waals surface area contributed by atoms with Gasteiger partial charge in [0.25, 0.3) is 15.9 Å². The Hall–Kier alpha value is -1.04. The minimum absolute atomic E-state index is 0.00381. The van der Waals surface area contributed by atoms with Gasteiger partial charge in [-0.15, -0.1) is 6.58 Å². The number of aryl methyl sites for hydroxylation is 1. The van der Waals surface area contributed by atoms with E-state index in [1.807, 2.05) is 6.92 Å². The van der Waals surface area contributed by atoms with Crippen LogP contribution in [0.5, 0.6) is 0 Å². The summed E-state index contributed by atoms with van der Waals surface area (Å²) in [6.45, 7) is 6.29. The van der Waals surface area contributed by atoms with Gasteiger partial charge in [-0.25, -0.2) is 12.7 Å². The number of hydrogen-bond donors (Lipinski definition) is 0. The van der Waals surface area contributed by atoms with Crippen LogP contribution in [0.4, 0.5) is 0 Å². The Balaban J connectivity index is 3.29. The van der Waals surface area contributed by atoms with Crippen molar-refractivity contribution in [1.29, 1.82) is 0 Å². The van der Waals surface area contributed by atoms with Crippen LogP contribution in [-0.4, -0.2) is 29.5 Å². The summed E-state index contributed by atoms with van der Waals surface area (Å²) in [6.07, 6.45) is 1.29. The largest absolute Gasteiger partial charge is 0.272 e. The van der Waals surface area contributed by atoms with Gasteiger partial charge in [-0.2, -0.15) is 0 Å². The molecule has 0 N–H and O–H groups in total. The number of carbonyl (C=O) groups is 1. The summed E-state index contributed by atoms with van der Waals surface area (Å²) in [5.41, 5.74) is 0.907. The van der Waals surface area contributed by atoms with Gasteiger partial charge in [-0.3, -0.25) is 4.79 Å². The first kappa shape index (κ1) is 17.0. The second-order valence-corrected chi connectivity index (χ2v) is 7.90. The second kappa shape index (κ2) is 6.16. The van der Waals surface area contributed by atoms with Crippen molar-refractivity contribution in [3.63, 3.8) is 0 Å². The van der Waals surface area contributed by atoms with Crippen molar-refractivity contribution in [3.8, 4) is 0 Å². The van der Waals surface area contributed by atoms with Gasteiger partial charge in [0.15, 0.2) is 4.33 Å². The molecule has 0 saturated heterocycles. The zero-order chi connectivity index (χ0) is 15.6. The number of amides is 1. The zero-order valence-electron chi connectivity index (χ0n) is 11.1. The molecule has 0 aliphatic carbocycles. The highest BCUT2D eigenvalue weighted by atomic mass is 35.5. The monoisotopic (exact) mass is 335 g/mol. The molecule has 1 amide bonds. The van der Waals surface area contributed by atoms with Gasteiger partial charge in [0.05, 0.1) is 11.4 Å². The first-order valence-corrected chi connectivity index (χ1v) is 7.93. The first-order chi connectivity index (χ1) is 9.10. The molecule has 4 nitrogen and oxygen atoms in total. The van der Waals surface area contributed by atoms with Crippen LogP contribution >= 0.6 is 23.2 Å². The summed E-state index contributed by atoms with van der Waals surface area (Å²) in [6, 6.07) is 6.13. The van der Waals surface area contributed by atoms with Gasteiger partial charge < -0.3 is 0 Å². The van der Waals surface area contributed by atoms with Gasteiger partial charge in [0.2, 0.25) is 0 Å². The molecule has 0 spiro atoms. The van der Waals surface area contributed by atoms with E-state index < -0.39 is 20.3 Å². The van der Waals surface area contributed by atoms with Crippen molar-refractivity contribution in [2.45, 2.75) is 23.1 Å². The molecule has 0 fully saturated rings. The molecular weight excluding hydrogens is 321 g/mol. The minimum atomic E-state index is -4.02. The lowest BCUT2D eigenvalue weighted by atomic mass is 10.2. The highest BCUT2D eigenvalue weighted by Gasteiger charge is 2.38. The van der Waals surface area contributed by atoms with Crippen molar-refractivity contribution in [1.82, 2.24) is 4.31 Å². The van der Waals surface area contributed by atoms with E-state index in [-0.39, 0.29) is 11.4 Å². The third kappa shape index (κ3) is 3.75. The number of benzene rings is 1. The molecule has 0 saturated carbocycles. The van der Waals surface area contributed by atoms with Crippen LogP contribution in [0, 0.1) is 6.92 Å². The average molecular weight is 336 g/mol. The van der Waals surface area contributed by atoms with Gasteiger partial charge in [-0.05, 0) is 26.0 Å². The zero-order valence-corrected chi connectivity index (χ0v) is 13.5. The Morgan fingerprint density at radius 1 is 1.35 bits per heavy atom. The molecule has 0 aliphatic heterocycles. The maximum Gasteiger partial charge on any atom is 0.272 e. The SMILES string of the molecule is C=CCN(C(=O)C(C)(Cl)Cl)S(=O)(=O)c1ccc(C)cc1. The molecule has 0 heterocycles. The van der Waals surface area contributed by atoms with Gasteiger partial charge in [0, 0.05) is 0 Å². The molecule has 0 aromatic heterocycles. The van der Waals surface area contributed by atoms with Crippen LogP contribution in [0.3, 0.4) is 0 Å². The molecule has 0 unspecified atom stereocenters. The molecule has 1 aromatic carbocycles. The standard InChI is InChI=1S/C13H15Cl2NO3S/c1-4-9-16(12(17)13(3,14)15)20(18,19)11-7-5-10(2)6-8-11/h4-8H,1,9H2,2-3H3. The van der Waals surface area contributed by atoms with Crippen molar-refractivity contribution in [2.75, 3.05) is 6.54 Å². The number of carbonyl (C=O) groups excluding carboxylic acids is 1. The van der Waals surface area contributed by atoms with Crippen molar-refractivity contribution in [2.24, 2.45) is 0 Å². The fraction of sp³-hybridized carbons (Fsp3) is 0.308. The summed E-state index contributed by atoms with van der Waals surface area (Å²) in [7, 11) is -4.02. The Labute approximate surface area is 129 Å². The number of halogens is 2. The predicted molar refractivity (Wildman–Crippen MR) is 80.4 cm³/mol. The van der Waals surface area contributed by atoms with Gasteiger partial charge >= 0.3 is 0 Å². The Morgan fingerprint density at radius 3 is 2.25 bits per heavy atom. The Bertz CT molecular complexity index is 603. The lowest BCUT2D eigenvalue weighted by molar-refractivity contribution is -0.126. The summed E-state index contributed by atoms with van der Waals surface area (Å²) >= 11 is 11.4. The van der Waals surface area contributed by atoms with Crippen LogP contribution in [-0.2, 0) is 14.8 Å². The van der Waals surface area contributed by atoms with E-state index in [0.29, 0.717) is 4.31 Å². The van der Waals surface area contributed by atoms with Gasteiger partial charge in [-0.1, -0.05) is 47.0 Å². The first-order valence-electron chi connectivity index (χ1n) is 5.73. The molecule has 1 rings (SSSR count). The normalized spacial score (nSPS) is 12.0. The van der Waals surface area contributed by atoms with E-state index in [4.69, 9.17) is 23.2 Å². The summed E-state index contributed by atoms with van der Waals surface area (Å²) in [4.78, 5) is 12.1. The molecule has 0 bridgehead atoms. The molecule has 20 heavy (non-hydrogen) atoms. The molecule has 0 aliphatic rings. The number of rotatable bonds is 5. The maximum absolute atomic E-state index is 12.5. The van der Waals surface area contributed by atoms with Crippen LogP contribution in [0.25, 0.3) is 0 Å². The molecule has 7 heteroatoms. The van der Waals surface area contributed by atoms with E-state index in [9.17, 15) is 13.2 Å². The molecule has 0 atom stereocenters. The van der Waals surface area contributed by atoms with Crippen LogP contribution in [0.1, 0.15) is 12.5 Å². The van der Waals surface area contributed by atoms with Crippen molar-refractivity contribution < 1.29 is 13.2 Å². The van der Waals surface area contributed by atoms with E-state index in [1.54, 1.807) is 12.1 Å². The Kier molecular flexibility index (Phi) is 5.24. The number of alkyl halides is 2. The van der Waals surface area contributed by atoms with E-state index >= 15 is 0 Å². The highest BCUT2D eigenvalue weighted by molar-refractivity contribution is 7.89. The topological polar surface area (TPSA) is 54.5 Å². The molecule has 110 valence electrons. The number of nitrogens with zero attached hydrogens (tertiary/aromatic N) is 1. The summed E-state index contributed by atoms with van der Waals surface area (Å²) in [5.74, 6) is -0.915. The molecular formula is C13H15Cl2NO3S. The fourth-order valence-corrected chi connectivity index (χ4v) is 3.21. The third-order valence-corrected chi connectivity index (χ3v) is 4.59. The lowest BCUT2D eigenvalue weighted by Gasteiger charge is -2.25. The van der Waals surface area contributed by atoms with Gasteiger partial charge in [0.1, 0.15) is 0 Å². The van der Waals surface area contributed by atoms with Crippen molar-refractivity contribution >= 4 is 39.1 Å². The molecule has 0 radical (unpaired) electrons. The Morgan fingerprint density at radius 2 is 1.85 bits per heavy atom. The van der Waals surface area contributed by atoms with E-state index in [0.717, 1.165) is 5.56 Å². The average Bonchev–Trinajstić information content (AvgIpc) is 2.34. The van der Waals surface area contributed by atoms with Crippen LogP contribution in [0.2, 0.25) is 0 Å². The minimum Gasteiger partial charge on any atom is -0.270 e. The number of hydrogen-bond acceptors (Lipinski definition) is 3. The smallest absolute Gasteiger partial charge is 0.270 e. The van der Waals surface area contributed by atoms with Crippen molar-refractivity contribution in [3.05, 3.63) is 42.5 Å². The number of sulfonamides is 1. The van der Waals surface area contributed by atoms with Crippen LogP contribution < -0.4 is 0 Å². The third-order valence-electron chi connectivity index (χ3n) is 2.51. The second-order valence-electron chi connectivity index (χ2n) is 4.33. The fourth-order valence-electron chi connectivity index (χ4n) is 1.46. The summed E-state index contributed by atoms with van der Waals surface area (Å²) in [5, 5.41) is 0. The quantitative estimate of drug-likeness (QED) is 0.614. The lowest BCUT2D eigenvalue weighted by Crippen LogP contribution is -2.44. The molecule has 1 aromatic rings.